The van der Waals surface area contributed by atoms with Crippen LogP contribution in [0.3, 0.4) is 0 Å². The summed E-state index contributed by atoms with van der Waals surface area (Å²) < 4.78 is 0. The van der Waals surface area contributed by atoms with E-state index >= 15 is 0 Å². The molecule has 0 aromatic heterocycles. The van der Waals surface area contributed by atoms with Gasteiger partial charge in [0, 0.05) is 25.6 Å². The maximum absolute atomic E-state index is 12.2. The summed E-state index contributed by atoms with van der Waals surface area (Å²) in [5.41, 5.74) is 8.08. The lowest BCUT2D eigenvalue weighted by atomic mass is 9.83. The monoisotopic (exact) mass is 301 g/mol. The first-order valence-electron chi connectivity index (χ1n) is 8.05. The summed E-state index contributed by atoms with van der Waals surface area (Å²) in [5, 5.41) is 3.03. The molecule has 1 aromatic rings. The molecule has 3 amide bonds. The van der Waals surface area contributed by atoms with Crippen LogP contribution in [0, 0.1) is 5.92 Å². The molecule has 0 bridgehead atoms. The summed E-state index contributed by atoms with van der Waals surface area (Å²) in [6.45, 7) is 1.72. The minimum absolute atomic E-state index is 0.0770. The molecule has 22 heavy (non-hydrogen) atoms. The van der Waals surface area contributed by atoms with Crippen LogP contribution in [0.25, 0.3) is 0 Å². The Morgan fingerprint density at radius 1 is 1.27 bits per heavy atom. The Labute approximate surface area is 130 Å². The van der Waals surface area contributed by atoms with Gasteiger partial charge in [-0.05, 0) is 36.8 Å². The SMILES string of the molecule is NC(=O)[C@@H]1CCN(C(=O)NC[C@@H]2CCCc3ccccc32)C1. The quantitative estimate of drug-likeness (QED) is 0.890. The van der Waals surface area contributed by atoms with E-state index in [1.54, 1.807) is 4.90 Å². The van der Waals surface area contributed by atoms with E-state index in [-0.39, 0.29) is 17.9 Å². The molecular formula is C17H23N3O2. The number of primary amides is 1. The topological polar surface area (TPSA) is 75.4 Å². The van der Waals surface area contributed by atoms with Gasteiger partial charge in [0.15, 0.2) is 0 Å². The number of nitrogens with one attached hydrogen (secondary N) is 1. The van der Waals surface area contributed by atoms with Gasteiger partial charge in [0.2, 0.25) is 5.91 Å². The zero-order chi connectivity index (χ0) is 15.5. The molecule has 0 unspecified atom stereocenters. The number of amides is 3. The van der Waals surface area contributed by atoms with Gasteiger partial charge in [0.25, 0.3) is 0 Å². The van der Waals surface area contributed by atoms with Gasteiger partial charge in [-0.1, -0.05) is 24.3 Å². The molecule has 3 rings (SSSR count). The van der Waals surface area contributed by atoms with Crippen molar-refractivity contribution in [3.63, 3.8) is 0 Å². The van der Waals surface area contributed by atoms with Crippen LogP contribution >= 0.6 is 0 Å². The molecule has 0 radical (unpaired) electrons. The molecule has 0 spiro atoms. The number of likely N-dealkylation sites (tertiary alicyclic amines) is 1. The van der Waals surface area contributed by atoms with E-state index in [0.717, 1.165) is 12.8 Å². The van der Waals surface area contributed by atoms with Gasteiger partial charge in [-0.3, -0.25) is 4.79 Å². The number of benzene rings is 1. The third kappa shape index (κ3) is 3.08. The van der Waals surface area contributed by atoms with Crippen LogP contribution in [0.4, 0.5) is 4.79 Å². The van der Waals surface area contributed by atoms with Crippen LogP contribution in [0.5, 0.6) is 0 Å². The van der Waals surface area contributed by atoms with Crippen molar-refractivity contribution in [2.24, 2.45) is 11.7 Å². The highest BCUT2D eigenvalue weighted by Gasteiger charge is 2.30. The largest absolute Gasteiger partial charge is 0.369 e. The van der Waals surface area contributed by atoms with E-state index in [1.807, 2.05) is 0 Å². The van der Waals surface area contributed by atoms with Gasteiger partial charge >= 0.3 is 6.03 Å². The summed E-state index contributed by atoms with van der Waals surface area (Å²) in [4.78, 5) is 25.1. The number of carbonyl (C=O) groups is 2. The highest BCUT2D eigenvalue weighted by Crippen LogP contribution is 2.30. The van der Waals surface area contributed by atoms with Crippen molar-refractivity contribution in [1.29, 1.82) is 0 Å². The van der Waals surface area contributed by atoms with Crippen molar-refractivity contribution in [1.82, 2.24) is 10.2 Å². The predicted octanol–water partition coefficient (Wildman–Crippen LogP) is 1.62. The average Bonchev–Trinajstić information content (AvgIpc) is 3.03. The number of hydrogen-bond acceptors (Lipinski definition) is 2. The highest BCUT2D eigenvalue weighted by atomic mass is 16.2. The third-order valence-corrected chi connectivity index (χ3v) is 4.87. The zero-order valence-corrected chi connectivity index (χ0v) is 12.8. The Hall–Kier alpha value is -2.04. The molecule has 2 aliphatic rings. The molecule has 1 aliphatic carbocycles. The second-order valence-corrected chi connectivity index (χ2v) is 6.31. The lowest BCUT2D eigenvalue weighted by Crippen LogP contribution is -2.41. The third-order valence-electron chi connectivity index (χ3n) is 4.87. The van der Waals surface area contributed by atoms with Crippen LogP contribution in [0.2, 0.25) is 0 Å². The minimum Gasteiger partial charge on any atom is -0.369 e. The van der Waals surface area contributed by atoms with Crippen molar-refractivity contribution in [3.05, 3.63) is 35.4 Å². The van der Waals surface area contributed by atoms with E-state index < -0.39 is 0 Å². The molecular weight excluding hydrogens is 278 g/mol. The Morgan fingerprint density at radius 3 is 2.86 bits per heavy atom. The first kappa shape index (κ1) is 14.9. The maximum Gasteiger partial charge on any atom is 0.317 e. The molecule has 1 aliphatic heterocycles. The Bertz CT molecular complexity index is 573. The van der Waals surface area contributed by atoms with Gasteiger partial charge in [-0.25, -0.2) is 4.79 Å². The molecule has 2 atom stereocenters. The average molecular weight is 301 g/mol. The number of hydrogen-bond donors (Lipinski definition) is 2. The van der Waals surface area contributed by atoms with Crippen LogP contribution in [-0.4, -0.2) is 36.5 Å². The number of fused-ring (bicyclic) bond motifs is 1. The van der Waals surface area contributed by atoms with Crippen molar-refractivity contribution in [2.75, 3.05) is 19.6 Å². The lowest BCUT2D eigenvalue weighted by molar-refractivity contribution is -0.121. The molecule has 5 nitrogen and oxygen atoms in total. The highest BCUT2D eigenvalue weighted by molar-refractivity contribution is 5.80. The second kappa shape index (κ2) is 6.38. The second-order valence-electron chi connectivity index (χ2n) is 6.31. The van der Waals surface area contributed by atoms with E-state index in [4.69, 9.17) is 5.73 Å². The van der Waals surface area contributed by atoms with Gasteiger partial charge in [0.05, 0.1) is 5.92 Å². The molecule has 5 heteroatoms. The van der Waals surface area contributed by atoms with Gasteiger partial charge < -0.3 is 16.0 Å². The van der Waals surface area contributed by atoms with Crippen molar-refractivity contribution < 1.29 is 9.59 Å². The Balaban J connectivity index is 1.55. The lowest BCUT2D eigenvalue weighted by Gasteiger charge is -2.26. The van der Waals surface area contributed by atoms with E-state index in [0.29, 0.717) is 32.0 Å². The Kier molecular flexibility index (Phi) is 4.32. The van der Waals surface area contributed by atoms with Crippen LogP contribution < -0.4 is 11.1 Å². The summed E-state index contributed by atoms with van der Waals surface area (Å²) in [6, 6.07) is 8.42. The van der Waals surface area contributed by atoms with Gasteiger partial charge in [-0.2, -0.15) is 0 Å². The Morgan fingerprint density at radius 2 is 2.09 bits per heavy atom. The van der Waals surface area contributed by atoms with Crippen molar-refractivity contribution >= 4 is 11.9 Å². The fourth-order valence-corrected chi connectivity index (χ4v) is 3.57. The van der Waals surface area contributed by atoms with Gasteiger partial charge in [0.1, 0.15) is 0 Å². The summed E-state index contributed by atoms with van der Waals surface area (Å²) >= 11 is 0. The molecule has 1 heterocycles. The maximum atomic E-state index is 12.2. The standard InChI is InChI=1S/C17H23N3O2/c18-16(21)14-8-9-20(11-14)17(22)19-10-13-6-3-5-12-4-1-2-7-15(12)13/h1-2,4,7,13-14H,3,5-6,8-11H2,(H2,18,21)(H,19,22)/t13-,14+/m0/s1. The number of nitrogens with two attached hydrogens (primary N) is 1. The predicted molar refractivity (Wildman–Crippen MR) is 84.4 cm³/mol. The smallest absolute Gasteiger partial charge is 0.317 e. The van der Waals surface area contributed by atoms with Crippen LogP contribution in [-0.2, 0) is 11.2 Å². The number of nitrogens with zero attached hydrogens (tertiary/aromatic N) is 1. The fraction of sp³-hybridized carbons (Fsp3) is 0.529. The number of rotatable bonds is 3. The van der Waals surface area contributed by atoms with Crippen LogP contribution in [0.1, 0.15) is 36.3 Å². The van der Waals surface area contributed by atoms with Gasteiger partial charge in [-0.15, -0.1) is 0 Å². The van der Waals surface area contributed by atoms with Crippen molar-refractivity contribution in [2.45, 2.75) is 31.6 Å². The minimum atomic E-state index is -0.309. The molecule has 1 aromatic carbocycles. The molecule has 118 valence electrons. The number of carbonyl (C=O) groups excluding carboxylic acids is 2. The summed E-state index contributed by atoms with van der Waals surface area (Å²) in [5.74, 6) is -0.110. The van der Waals surface area contributed by atoms with E-state index in [9.17, 15) is 9.59 Å². The molecule has 3 N–H and O–H groups in total. The fourth-order valence-electron chi connectivity index (χ4n) is 3.57. The molecule has 1 saturated heterocycles. The number of aryl methyl sites for hydroxylation is 1. The van der Waals surface area contributed by atoms with E-state index in [1.165, 1.54) is 17.5 Å². The summed E-state index contributed by atoms with van der Waals surface area (Å²) in [7, 11) is 0. The normalized spacial score (nSPS) is 23.9. The first-order chi connectivity index (χ1) is 10.6. The molecule has 1 fully saturated rings. The number of urea groups is 1. The summed E-state index contributed by atoms with van der Waals surface area (Å²) in [6.07, 6.45) is 4.09. The van der Waals surface area contributed by atoms with E-state index in [2.05, 4.69) is 29.6 Å². The molecule has 0 saturated carbocycles. The van der Waals surface area contributed by atoms with Crippen LogP contribution in [0.15, 0.2) is 24.3 Å². The van der Waals surface area contributed by atoms with Crippen molar-refractivity contribution in [3.8, 4) is 0 Å². The first-order valence-corrected chi connectivity index (χ1v) is 8.05. The zero-order valence-electron chi connectivity index (χ0n) is 12.8.